The predicted octanol–water partition coefficient (Wildman–Crippen LogP) is 2.63. The second-order valence-corrected chi connectivity index (χ2v) is 8.33. The van der Waals surface area contributed by atoms with Crippen LogP contribution in [0.25, 0.3) is 0 Å². The van der Waals surface area contributed by atoms with Crippen LogP contribution in [0, 0.1) is 7.27 Å². The Morgan fingerprint density at radius 2 is 2.04 bits per heavy atom. The molecule has 0 radical (unpaired) electrons. The number of hydrogen-bond acceptors (Lipinski definition) is 5. The topological polar surface area (TPSA) is 104 Å². The number of carbonyl (C=O) groups excluding carboxylic acids is 1. The van der Waals surface area contributed by atoms with Crippen molar-refractivity contribution in [1.29, 1.82) is 0 Å². The number of aromatic hydroxyl groups is 1. The van der Waals surface area contributed by atoms with E-state index < -0.39 is 17.1 Å². The molecule has 0 spiro atoms. The Morgan fingerprint density at radius 3 is 2.68 bits per heavy atom. The van der Waals surface area contributed by atoms with E-state index in [1.54, 1.807) is 7.05 Å². The average molecular weight is 605 g/mol. The Bertz CT molecular complexity index is 1020. The van der Waals surface area contributed by atoms with Crippen LogP contribution in [-0.2, 0) is 0 Å². The number of H-pyrrole nitrogens is 1. The standard InChI is InChI=1S/C18H17I2N5O3/c1-24(18(28)15-16(27)14(26)9-21-22-15)8-7-13(11-5-3-2-4-6-11)25-10-12(19)17(20)23-25/h2-6,9-10,13H,7-8H2,1H3,(H,21,27)(H,22,26). The van der Waals surface area contributed by atoms with Crippen molar-refractivity contribution in [2.75, 3.05) is 13.6 Å². The van der Waals surface area contributed by atoms with Gasteiger partial charge < -0.3 is 10.0 Å². The first-order valence-electron chi connectivity index (χ1n) is 8.35. The molecule has 0 bridgehead atoms. The molecule has 2 aromatic heterocycles. The molecule has 1 aromatic carbocycles. The molecule has 3 rings (SSSR count). The lowest BCUT2D eigenvalue weighted by Crippen LogP contribution is -2.31. The number of hydrogen-bond donors (Lipinski definition) is 2. The van der Waals surface area contributed by atoms with Crippen molar-refractivity contribution in [1.82, 2.24) is 24.9 Å². The number of nitrogens with one attached hydrogen (secondary N) is 1. The summed E-state index contributed by atoms with van der Waals surface area (Å²) >= 11 is 4.43. The Morgan fingerprint density at radius 1 is 1.32 bits per heavy atom. The highest BCUT2D eigenvalue weighted by molar-refractivity contribution is 14.1. The maximum absolute atomic E-state index is 12.6. The summed E-state index contributed by atoms with van der Waals surface area (Å²) in [6.45, 7) is 0.391. The zero-order chi connectivity index (χ0) is 20.3. The van der Waals surface area contributed by atoms with Gasteiger partial charge in [-0.05, 0) is 57.2 Å². The SMILES string of the molecule is CN(CCC(c1ccccc1)n1cc(I)c(I)n1)C(=O)c1[nH]ncc(=O)c1O. The van der Waals surface area contributed by atoms with Crippen LogP contribution in [0.1, 0.15) is 28.5 Å². The van der Waals surface area contributed by atoms with Gasteiger partial charge in [0.15, 0.2) is 11.4 Å². The fourth-order valence-corrected chi connectivity index (χ4v) is 3.57. The van der Waals surface area contributed by atoms with Gasteiger partial charge in [0.25, 0.3) is 5.91 Å². The molecule has 1 amide bonds. The highest BCUT2D eigenvalue weighted by Crippen LogP contribution is 2.25. The Labute approximate surface area is 188 Å². The summed E-state index contributed by atoms with van der Waals surface area (Å²) in [5, 5.41) is 20.4. The van der Waals surface area contributed by atoms with Crippen molar-refractivity contribution in [3.63, 3.8) is 0 Å². The minimum Gasteiger partial charge on any atom is -0.502 e. The first kappa shape index (κ1) is 20.8. The first-order chi connectivity index (χ1) is 13.4. The molecule has 1 atom stereocenters. The van der Waals surface area contributed by atoms with Gasteiger partial charge in [-0.3, -0.25) is 19.4 Å². The van der Waals surface area contributed by atoms with Crippen molar-refractivity contribution in [2.24, 2.45) is 0 Å². The summed E-state index contributed by atoms with van der Waals surface area (Å²) in [4.78, 5) is 25.6. The molecule has 0 aliphatic heterocycles. The maximum Gasteiger partial charge on any atom is 0.275 e. The Hall–Kier alpha value is -1.96. The number of aromatic amines is 1. The summed E-state index contributed by atoms with van der Waals surface area (Å²) in [6, 6.07) is 9.88. The molecule has 3 aromatic rings. The van der Waals surface area contributed by atoms with Gasteiger partial charge in [0, 0.05) is 19.8 Å². The summed E-state index contributed by atoms with van der Waals surface area (Å²) < 4.78 is 3.88. The third kappa shape index (κ3) is 4.54. The number of aromatic nitrogens is 4. The number of nitrogens with zero attached hydrogens (tertiary/aromatic N) is 4. The quantitative estimate of drug-likeness (QED) is 0.421. The highest BCUT2D eigenvalue weighted by Gasteiger charge is 2.22. The number of halogens is 2. The monoisotopic (exact) mass is 605 g/mol. The number of rotatable bonds is 6. The maximum atomic E-state index is 12.6. The second-order valence-electron chi connectivity index (χ2n) is 6.15. The molecule has 146 valence electrons. The van der Waals surface area contributed by atoms with E-state index >= 15 is 0 Å². The van der Waals surface area contributed by atoms with E-state index in [-0.39, 0.29) is 11.7 Å². The highest BCUT2D eigenvalue weighted by atomic mass is 127. The fraction of sp³-hybridized carbons (Fsp3) is 0.222. The lowest BCUT2D eigenvalue weighted by atomic mass is 10.0. The van der Waals surface area contributed by atoms with Crippen molar-refractivity contribution in [3.8, 4) is 5.75 Å². The van der Waals surface area contributed by atoms with Crippen molar-refractivity contribution >= 4 is 51.1 Å². The fourth-order valence-electron chi connectivity index (χ4n) is 2.78. The molecule has 0 aliphatic rings. The van der Waals surface area contributed by atoms with E-state index in [9.17, 15) is 14.7 Å². The average Bonchev–Trinajstić information content (AvgIpc) is 3.02. The molecule has 2 heterocycles. The molecule has 0 fully saturated rings. The van der Waals surface area contributed by atoms with E-state index in [1.165, 1.54) is 4.90 Å². The number of amides is 1. The van der Waals surface area contributed by atoms with Gasteiger partial charge in [-0.15, -0.1) is 0 Å². The summed E-state index contributed by atoms with van der Waals surface area (Å²) in [5.74, 6) is -1.12. The molecular formula is C18H17I2N5O3. The van der Waals surface area contributed by atoms with Gasteiger partial charge in [-0.1, -0.05) is 30.3 Å². The normalized spacial score (nSPS) is 12.0. The molecular weight excluding hydrogens is 588 g/mol. The number of benzene rings is 1. The number of carbonyl (C=O) groups is 1. The summed E-state index contributed by atoms with van der Waals surface area (Å²) in [7, 11) is 1.62. The first-order valence-corrected chi connectivity index (χ1v) is 10.5. The van der Waals surface area contributed by atoms with Gasteiger partial charge >= 0.3 is 0 Å². The van der Waals surface area contributed by atoms with Crippen molar-refractivity contribution in [3.05, 3.63) is 71.5 Å². The molecule has 0 saturated heterocycles. The van der Waals surface area contributed by atoms with Gasteiger partial charge in [-0.25, -0.2) is 0 Å². The van der Waals surface area contributed by atoms with Gasteiger partial charge in [-0.2, -0.15) is 10.2 Å². The van der Waals surface area contributed by atoms with Crippen LogP contribution in [-0.4, -0.2) is 49.5 Å². The van der Waals surface area contributed by atoms with Gasteiger partial charge in [0.1, 0.15) is 3.70 Å². The van der Waals surface area contributed by atoms with Crippen LogP contribution >= 0.6 is 45.2 Å². The van der Waals surface area contributed by atoms with E-state index in [0.29, 0.717) is 13.0 Å². The zero-order valence-corrected chi connectivity index (χ0v) is 19.2. The third-order valence-electron chi connectivity index (χ3n) is 4.28. The molecule has 10 heteroatoms. The van der Waals surface area contributed by atoms with E-state index in [2.05, 4.69) is 60.5 Å². The minimum atomic E-state index is -0.696. The lowest BCUT2D eigenvalue weighted by Gasteiger charge is -2.23. The van der Waals surface area contributed by atoms with Crippen LogP contribution < -0.4 is 5.43 Å². The van der Waals surface area contributed by atoms with Crippen LogP contribution in [0.3, 0.4) is 0 Å². The van der Waals surface area contributed by atoms with Crippen LogP contribution in [0.4, 0.5) is 0 Å². The molecule has 0 aliphatic carbocycles. The zero-order valence-electron chi connectivity index (χ0n) is 14.8. The molecule has 2 N–H and O–H groups in total. The van der Waals surface area contributed by atoms with Gasteiger partial charge in [0.05, 0.1) is 15.8 Å². The lowest BCUT2D eigenvalue weighted by molar-refractivity contribution is 0.0778. The molecule has 8 nitrogen and oxygen atoms in total. The predicted molar refractivity (Wildman–Crippen MR) is 120 cm³/mol. The summed E-state index contributed by atoms with van der Waals surface area (Å²) in [6.07, 6.45) is 3.51. The van der Waals surface area contributed by atoms with Gasteiger partial charge in [0.2, 0.25) is 5.43 Å². The van der Waals surface area contributed by atoms with Crippen molar-refractivity contribution in [2.45, 2.75) is 12.5 Å². The van der Waals surface area contributed by atoms with E-state index in [0.717, 1.165) is 19.0 Å². The van der Waals surface area contributed by atoms with Crippen LogP contribution in [0.2, 0.25) is 0 Å². The second kappa shape index (κ2) is 9.03. The van der Waals surface area contributed by atoms with E-state index in [4.69, 9.17) is 0 Å². The molecule has 0 saturated carbocycles. The Balaban J connectivity index is 1.81. The molecule has 28 heavy (non-hydrogen) atoms. The summed E-state index contributed by atoms with van der Waals surface area (Å²) in [5.41, 5.74) is 0.170. The molecule has 1 unspecified atom stereocenters. The smallest absolute Gasteiger partial charge is 0.275 e. The van der Waals surface area contributed by atoms with Crippen molar-refractivity contribution < 1.29 is 9.90 Å². The largest absolute Gasteiger partial charge is 0.502 e. The van der Waals surface area contributed by atoms with Crippen LogP contribution in [0.5, 0.6) is 5.75 Å². The minimum absolute atomic E-state index is 0.0602. The van der Waals surface area contributed by atoms with Crippen LogP contribution in [0.15, 0.2) is 47.5 Å². The van der Waals surface area contributed by atoms with E-state index in [1.807, 2.05) is 41.2 Å². The third-order valence-corrected chi connectivity index (χ3v) is 6.89. The Kier molecular flexibility index (Phi) is 6.69.